The number of nitrogens with one attached hydrogen (secondary N) is 1. The Balaban J connectivity index is 2.98. The van der Waals surface area contributed by atoms with Crippen molar-refractivity contribution in [3.05, 3.63) is 17.2 Å². The van der Waals surface area contributed by atoms with Gasteiger partial charge in [-0.1, -0.05) is 0 Å². The van der Waals surface area contributed by atoms with Gasteiger partial charge in [-0.3, -0.25) is 4.55 Å². The zero-order valence-electron chi connectivity index (χ0n) is 5.39. The van der Waals surface area contributed by atoms with E-state index in [2.05, 4.69) is 17.2 Å². The molecule has 1 aromatic rings. The van der Waals surface area contributed by atoms with Crippen molar-refractivity contribution in [3.63, 3.8) is 0 Å². The van der Waals surface area contributed by atoms with Crippen LogP contribution in [0.1, 0.15) is 0 Å². The normalized spacial score (nSPS) is 11.7. The van der Waals surface area contributed by atoms with Crippen LogP contribution in [-0.4, -0.2) is 22.5 Å². The first-order valence-corrected chi connectivity index (χ1v) is 4.70. The molecule has 0 fully saturated rings. The lowest BCUT2D eigenvalue weighted by Gasteiger charge is -1.96. The second-order valence-electron chi connectivity index (χ2n) is 1.95. The van der Waals surface area contributed by atoms with E-state index in [0.29, 0.717) is 0 Å². The van der Waals surface area contributed by atoms with Crippen LogP contribution in [0.5, 0.6) is 0 Å². The molecule has 0 bridgehead atoms. The first kappa shape index (κ1) is 8.44. The van der Waals surface area contributed by atoms with Gasteiger partial charge in [0.2, 0.25) is 0 Å². The first-order chi connectivity index (χ1) is 4.99. The minimum absolute atomic E-state index is 0.266. The van der Waals surface area contributed by atoms with Crippen molar-refractivity contribution in [2.75, 3.05) is 0 Å². The van der Waals surface area contributed by atoms with Crippen molar-refractivity contribution in [2.45, 2.75) is 5.88 Å². The maximum Gasteiger partial charge on any atom is 0.283 e. The van der Waals surface area contributed by atoms with E-state index < -0.39 is 16.0 Å². The number of imidazole rings is 1. The standard InChI is InChI=1S/C4H6N2O3S2/c7-11(8,9)3-6-2-1-5-4(6)10/h1-2H,3H2,(H,5,10)(H,7,8,9). The van der Waals surface area contributed by atoms with Crippen molar-refractivity contribution in [2.24, 2.45) is 0 Å². The summed E-state index contributed by atoms with van der Waals surface area (Å²) < 4.78 is 30.5. The van der Waals surface area contributed by atoms with Gasteiger partial charge in [0.25, 0.3) is 10.1 Å². The summed E-state index contributed by atoms with van der Waals surface area (Å²) in [6, 6.07) is 0. The van der Waals surface area contributed by atoms with E-state index in [0.717, 1.165) is 0 Å². The SMILES string of the molecule is O=S(=O)(O)Cn1cc[nH]c1=S. The summed E-state index contributed by atoms with van der Waals surface area (Å²) in [5, 5.41) is 0. The average molecular weight is 194 g/mol. The predicted octanol–water partition coefficient (Wildman–Crippen LogP) is 0.391. The molecule has 0 radical (unpaired) electrons. The van der Waals surface area contributed by atoms with Gasteiger partial charge in [0, 0.05) is 12.4 Å². The van der Waals surface area contributed by atoms with Crippen LogP contribution in [0.2, 0.25) is 0 Å². The predicted molar refractivity (Wildman–Crippen MR) is 41.2 cm³/mol. The van der Waals surface area contributed by atoms with Gasteiger partial charge in [0.05, 0.1) is 0 Å². The fourth-order valence-electron chi connectivity index (χ4n) is 0.627. The lowest BCUT2D eigenvalue weighted by Crippen LogP contribution is -2.08. The molecule has 1 heterocycles. The molecule has 62 valence electrons. The Kier molecular flexibility index (Phi) is 2.12. The number of nitrogens with zero attached hydrogens (tertiary/aromatic N) is 1. The monoisotopic (exact) mass is 194 g/mol. The number of rotatable bonds is 2. The summed E-state index contributed by atoms with van der Waals surface area (Å²) in [6.07, 6.45) is 2.93. The highest BCUT2D eigenvalue weighted by atomic mass is 32.2. The topological polar surface area (TPSA) is 75.1 Å². The number of hydrogen-bond donors (Lipinski definition) is 2. The molecule has 0 aromatic carbocycles. The van der Waals surface area contributed by atoms with E-state index >= 15 is 0 Å². The van der Waals surface area contributed by atoms with E-state index in [1.165, 1.54) is 17.0 Å². The van der Waals surface area contributed by atoms with Gasteiger partial charge in [-0.05, 0) is 12.2 Å². The second kappa shape index (κ2) is 2.76. The smallest absolute Gasteiger partial charge is 0.283 e. The van der Waals surface area contributed by atoms with Crippen LogP contribution >= 0.6 is 12.2 Å². The molecule has 0 saturated carbocycles. The van der Waals surface area contributed by atoms with Crippen LogP contribution in [0.25, 0.3) is 0 Å². The molecule has 0 aliphatic heterocycles. The van der Waals surface area contributed by atoms with E-state index in [-0.39, 0.29) is 4.77 Å². The van der Waals surface area contributed by atoms with Crippen molar-refractivity contribution in [1.82, 2.24) is 9.55 Å². The molecule has 0 amide bonds. The Morgan fingerprint density at radius 1 is 1.73 bits per heavy atom. The van der Waals surface area contributed by atoms with Crippen molar-refractivity contribution in [3.8, 4) is 0 Å². The van der Waals surface area contributed by atoms with Crippen molar-refractivity contribution >= 4 is 22.3 Å². The van der Waals surface area contributed by atoms with Crippen LogP contribution in [0.3, 0.4) is 0 Å². The van der Waals surface area contributed by atoms with E-state index in [1.807, 2.05) is 0 Å². The van der Waals surface area contributed by atoms with Gasteiger partial charge in [0.15, 0.2) is 10.6 Å². The molecule has 1 rings (SSSR count). The quantitative estimate of drug-likeness (QED) is 0.527. The highest BCUT2D eigenvalue weighted by Crippen LogP contribution is 1.94. The average Bonchev–Trinajstić information content (AvgIpc) is 2.12. The number of aromatic amines is 1. The molecule has 11 heavy (non-hydrogen) atoms. The second-order valence-corrected chi connectivity index (χ2v) is 3.75. The number of H-pyrrole nitrogens is 1. The third-order valence-electron chi connectivity index (χ3n) is 1.02. The van der Waals surface area contributed by atoms with Crippen LogP contribution < -0.4 is 0 Å². The molecular weight excluding hydrogens is 188 g/mol. The zero-order valence-corrected chi connectivity index (χ0v) is 7.02. The molecule has 0 spiro atoms. The van der Waals surface area contributed by atoms with Gasteiger partial charge in [-0.25, -0.2) is 0 Å². The Labute approximate surface area is 68.4 Å². The van der Waals surface area contributed by atoms with Gasteiger partial charge >= 0.3 is 0 Å². The minimum Gasteiger partial charge on any atom is -0.337 e. The molecule has 0 atom stereocenters. The molecular formula is C4H6N2O3S2. The number of aromatic nitrogens is 2. The van der Waals surface area contributed by atoms with E-state index in [9.17, 15) is 8.42 Å². The fraction of sp³-hybridized carbons (Fsp3) is 0.250. The minimum atomic E-state index is -3.99. The number of hydrogen-bond acceptors (Lipinski definition) is 3. The lowest BCUT2D eigenvalue weighted by molar-refractivity contribution is 0.471. The Morgan fingerprint density at radius 3 is 2.73 bits per heavy atom. The highest BCUT2D eigenvalue weighted by Gasteiger charge is 2.04. The highest BCUT2D eigenvalue weighted by molar-refractivity contribution is 7.84. The van der Waals surface area contributed by atoms with Crippen LogP contribution in [0, 0.1) is 4.77 Å². The Morgan fingerprint density at radius 2 is 2.36 bits per heavy atom. The summed E-state index contributed by atoms with van der Waals surface area (Å²) >= 11 is 4.69. The summed E-state index contributed by atoms with van der Waals surface area (Å²) in [7, 11) is -3.99. The fourth-order valence-corrected chi connectivity index (χ4v) is 1.47. The molecule has 0 unspecified atom stereocenters. The Hall–Kier alpha value is -0.660. The van der Waals surface area contributed by atoms with E-state index in [1.54, 1.807) is 0 Å². The molecule has 1 aromatic heterocycles. The van der Waals surface area contributed by atoms with Gasteiger partial charge in [-0.15, -0.1) is 0 Å². The maximum atomic E-state index is 10.3. The lowest BCUT2D eigenvalue weighted by atomic mass is 10.9. The summed E-state index contributed by atoms with van der Waals surface area (Å²) in [4.78, 5) is 2.59. The molecule has 7 heteroatoms. The van der Waals surface area contributed by atoms with E-state index in [4.69, 9.17) is 4.55 Å². The van der Waals surface area contributed by atoms with Crippen molar-refractivity contribution < 1.29 is 13.0 Å². The molecule has 0 aliphatic rings. The molecule has 5 nitrogen and oxygen atoms in total. The van der Waals surface area contributed by atoms with Crippen molar-refractivity contribution in [1.29, 1.82) is 0 Å². The van der Waals surface area contributed by atoms with Gasteiger partial charge < -0.3 is 9.55 Å². The maximum absolute atomic E-state index is 10.3. The van der Waals surface area contributed by atoms with Crippen LogP contribution in [0.4, 0.5) is 0 Å². The molecule has 0 aliphatic carbocycles. The summed E-state index contributed by atoms with van der Waals surface area (Å²) in [6.45, 7) is 0. The van der Waals surface area contributed by atoms with Gasteiger partial charge in [-0.2, -0.15) is 8.42 Å². The van der Waals surface area contributed by atoms with Crippen LogP contribution in [-0.2, 0) is 16.0 Å². The third kappa shape index (κ3) is 2.45. The third-order valence-corrected chi connectivity index (χ3v) is 1.98. The Bertz CT molecular complexity index is 387. The molecule has 2 N–H and O–H groups in total. The summed E-state index contributed by atoms with van der Waals surface area (Å²) in [5.74, 6) is -0.505. The van der Waals surface area contributed by atoms with Gasteiger partial charge in [0.1, 0.15) is 0 Å². The largest absolute Gasteiger partial charge is 0.337 e. The zero-order chi connectivity index (χ0) is 8.48. The summed E-state index contributed by atoms with van der Waals surface area (Å²) in [5.41, 5.74) is 0. The first-order valence-electron chi connectivity index (χ1n) is 2.68. The molecule has 0 saturated heterocycles. The van der Waals surface area contributed by atoms with Crippen LogP contribution in [0.15, 0.2) is 12.4 Å².